The van der Waals surface area contributed by atoms with Crippen LogP contribution in [0.15, 0.2) is 24.3 Å². The van der Waals surface area contributed by atoms with E-state index in [1.165, 1.54) is 23.3 Å². The molecule has 1 fully saturated rings. The Morgan fingerprint density at radius 2 is 1.85 bits per heavy atom. The average Bonchev–Trinajstić information content (AvgIpc) is 3.40. The molecule has 0 amide bonds. The third kappa shape index (κ3) is 3.88. The van der Waals surface area contributed by atoms with Crippen molar-refractivity contribution in [2.24, 2.45) is 0 Å². The van der Waals surface area contributed by atoms with Crippen molar-refractivity contribution in [2.75, 3.05) is 13.7 Å². The first kappa shape index (κ1) is 18.4. The van der Waals surface area contributed by atoms with Gasteiger partial charge in [-0.05, 0) is 50.6 Å². The Hall–Kier alpha value is -2.40. The van der Waals surface area contributed by atoms with Gasteiger partial charge in [-0.3, -0.25) is 9.59 Å². The van der Waals surface area contributed by atoms with Gasteiger partial charge in [0.25, 0.3) is 0 Å². The maximum Gasteiger partial charge on any atom is 0.233 e. The zero-order chi connectivity index (χ0) is 18.8. The third-order valence-corrected chi connectivity index (χ3v) is 5.20. The predicted octanol–water partition coefficient (Wildman–Crippen LogP) is 2.27. The van der Waals surface area contributed by atoms with Crippen molar-refractivity contribution < 1.29 is 19.2 Å². The van der Waals surface area contributed by atoms with Crippen LogP contribution in [0.4, 0.5) is 0 Å². The monoisotopic (exact) mass is 355 g/mol. The molecule has 5 nitrogen and oxygen atoms in total. The van der Waals surface area contributed by atoms with Gasteiger partial charge in [-0.25, -0.2) is 0 Å². The van der Waals surface area contributed by atoms with Gasteiger partial charge >= 0.3 is 0 Å². The van der Waals surface area contributed by atoms with E-state index in [0.29, 0.717) is 23.8 Å². The summed E-state index contributed by atoms with van der Waals surface area (Å²) in [7, 11) is 1.66. The molecule has 5 heteroatoms. The number of carbonyl (C=O) groups is 2. The lowest BCUT2D eigenvalue weighted by Gasteiger charge is -2.18. The van der Waals surface area contributed by atoms with Gasteiger partial charge in [-0.1, -0.05) is 0 Å². The van der Waals surface area contributed by atoms with Gasteiger partial charge in [0, 0.05) is 29.7 Å². The Bertz CT molecular complexity index is 817. The van der Waals surface area contributed by atoms with Crippen molar-refractivity contribution in [2.45, 2.75) is 46.2 Å². The van der Waals surface area contributed by atoms with Gasteiger partial charge in [-0.15, -0.1) is 0 Å². The van der Waals surface area contributed by atoms with Crippen molar-refractivity contribution in [3.63, 3.8) is 0 Å². The van der Waals surface area contributed by atoms with Crippen LogP contribution in [0.3, 0.4) is 0 Å². The van der Waals surface area contributed by atoms with Gasteiger partial charge in [-0.2, -0.15) is 0 Å². The smallest absolute Gasteiger partial charge is 0.233 e. The van der Waals surface area contributed by atoms with E-state index in [1.807, 2.05) is 26.0 Å². The normalized spacial score (nSPS) is 14.9. The van der Waals surface area contributed by atoms with Gasteiger partial charge in [0.1, 0.15) is 18.8 Å². The van der Waals surface area contributed by atoms with Crippen LogP contribution in [0, 0.1) is 13.8 Å². The third-order valence-electron chi connectivity index (χ3n) is 5.20. The Labute approximate surface area is 154 Å². The minimum absolute atomic E-state index is 0.0000659. The number of rotatable bonds is 8. The van der Waals surface area contributed by atoms with Crippen LogP contribution >= 0.6 is 0 Å². The van der Waals surface area contributed by atoms with Gasteiger partial charge in [0.05, 0.1) is 18.8 Å². The van der Waals surface area contributed by atoms with E-state index >= 15 is 0 Å². The number of carbonyl (C=O) groups excluding carboxylic acids is 2. The molecule has 1 aliphatic rings. The standard InChI is InChI=1S/C21H26N2O3/c1-13-20(15(3)24)14(2)22-21(13)19(25)12-23(17-7-8-17)11-16-5-9-18(26-4)10-6-16/h5-6,9-10,17,22H,7-8,11-12H2,1-4H3/p+1. The lowest BCUT2D eigenvalue weighted by Crippen LogP contribution is -3.13. The highest BCUT2D eigenvalue weighted by Crippen LogP contribution is 2.20. The molecule has 1 atom stereocenters. The molecule has 2 aromatic rings. The number of methoxy groups -OCH3 is 1. The summed E-state index contributed by atoms with van der Waals surface area (Å²) in [4.78, 5) is 29.1. The first-order chi connectivity index (χ1) is 12.4. The summed E-state index contributed by atoms with van der Waals surface area (Å²) in [6.07, 6.45) is 2.33. The second kappa shape index (κ2) is 7.46. The number of H-pyrrole nitrogens is 1. The highest BCUT2D eigenvalue weighted by atomic mass is 16.5. The Kier molecular flexibility index (Phi) is 5.28. The summed E-state index contributed by atoms with van der Waals surface area (Å²) in [6, 6.07) is 8.58. The summed E-state index contributed by atoms with van der Waals surface area (Å²) in [5.41, 5.74) is 3.99. The molecule has 1 saturated carbocycles. The SMILES string of the molecule is COc1ccc(C[NH+](CC(=O)c2[nH]c(C)c(C(C)=O)c2C)C2CC2)cc1. The number of ketones is 2. The molecular formula is C21H27N2O3+. The van der Waals surface area contributed by atoms with Gasteiger partial charge in [0.15, 0.2) is 5.78 Å². The first-order valence-corrected chi connectivity index (χ1v) is 9.11. The number of hydrogen-bond acceptors (Lipinski definition) is 3. The fourth-order valence-corrected chi connectivity index (χ4v) is 3.70. The molecule has 0 bridgehead atoms. The van der Waals surface area contributed by atoms with Crippen molar-refractivity contribution in [1.29, 1.82) is 0 Å². The number of ether oxygens (including phenoxy) is 1. The Morgan fingerprint density at radius 3 is 2.35 bits per heavy atom. The first-order valence-electron chi connectivity index (χ1n) is 9.11. The number of hydrogen-bond donors (Lipinski definition) is 2. The topological polar surface area (TPSA) is 63.6 Å². The molecule has 2 N–H and O–H groups in total. The van der Waals surface area contributed by atoms with E-state index in [2.05, 4.69) is 17.1 Å². The fraction of sp³-hybridized carbons (Fsp3) is 0.429. The quantitative estimate of drug-likeness (QED) is 0.714. The Balaban J connectivity index is 1.75. The molecule has 0 saturated heterocycles. The number of quaternary nitrogens is 1. The molecule has 1 heterocycles. The predicted molar refractivity (Wildman–Crippen MR) is 100 cm³/mol. The summed E-state index contributed by atoms with van der Waals surface area (Å²) in [6.45, 7) is 6.51. The largest absolute Gasteiger partial charge is 0.497 e. The minimum Gasteiger partial charge on any atom is -0.497 e. The van der Waals surface area contributed by atoms with Crippen LogP contribution in [0.5, 0.6) is 5.75 Å². The molecule has 0 aliphatic heterocycles. The number of aromatic nitrogens is 1. The molecule has 0 spiro atoms. The molecule has 138 valence electrons. The van der Waals surface area contributed by atoms with Crippen LogP contribution in [-0.2, 0) is 6.54 Å². The van der Waals surface area contributed by atoms with Gasteiger partial charge in [0.2, 0.25) is 5.78 Å². The fourth-order valence-electron chi connectivity index (χ4n) is 3.70. The van der Waals surface area contributed by atoms with E-state index in [4.69, 9.17) is 4.74 Å². The maximum absolute atomic E-state index is 12.9. The molecule has 26 heavy (non-hydrogen) atoms. The second-order valence-corrected chi connectivity index (χ2v) is 7.24. The maximum atomic E-state index is 12.9. The van der Waals surface area contributed by atoms with Gasteiger partial charge < -0.3 is 14.6 Å². The van der Waals surface area contributed by atoms with E-state index in [0.717, 1.165) is 23.6 Å². The number of aryl methyl sites for hydroxylation is 1. The minimum atomic E-state index is -0.0000659. The molecule has 0 radical (unpaired) electrons. The molecule has 3 rings (SSSR count). The highest BCUT2D eigenvalue weighted by molar-refractivity contribution is 6.03. The molecule has 1 unspecified atom stereocenters. The summed E-state index contributed by atoms with van der Waals surface area (Å²) >= 11 is 0. The lowest BCUT2D eigenvalue weighted by molar-refractivity contribution is -0.916. The summed E-state index contributed by atoms with van der Waals surface area (Å²) < 4.78 is 5.21. The van der Waals surface area contributed by atoms with Crippen molar-refractivity contribution >= 4 is 11.6 Å². The van der Waals surface area contributed by atoms with Crippen molar-refractivity contribution in [3.05, 3.63) is 52.3 Å². The average molecular weight is 355 g/mol. The van der Waals surface area contributed by atoms with E-state index in [1.54, 1.807) is 14.0 Å². The Morgan fingerprint density at radius 1 is 1.19 bits per heavy atom. The van der Waals surface area contributed by atoms with Crippen LogP contribution < -0.4 is 9.64 Å². The van der Waals surface area contributed by atoms with E-state index < -0.39 is 0 Å². The molecule has 1 aliphatic carbocycles. The van der Waals surface area contributed by atoms with Crippen molar-refractivity contribution in [1.82, 2.24) is 4.98 Å². The lowest BCUT2D eigenvalue weighted by atomic mass is 10.0. The van der Waals surface area contributed by atoms with E-state index in [9.17, 15) is 9.59 Å². The molecular weight excluding hydrogens is 328 g/mol. The molecule has 1 aromatic carbocycles. The zero-order valence-corrected chi connectivity index (χ0v) is 15.9. The van der Waals surface area contributed by atoms with Crippen LogP contribution in [0.2, 0.25) is 0 Å². The van der Waals surface area contributed by atoms with Crippen LogP contribution in [-0.4, -0.2) is 36.2 Å². The second-order valence-electron chi connectivity index (χ2n) is 7.24. The number of Topliss-reactive ketones (excluding diaryl/α,β-unsaturated/α-hetero) is 2. The summed E-state index contributed by atoms with van der Waals surface area (Å²) in [5, 5.41) is 0. The van der Waals surface area contributed by atoms with Crippen molar-refractivity contribution in [3.8, 4) is 5.75 Å². The van der Waals surface area contributed by atoms with E-state index in [-0.39, 0.29) is 11.6 Å². The number of benzene rings is 1. The van der Waals surface area contributed by atoms with Crippen LogP contribution in [0.1, 0.15) is 57.4 Å². The number of nitrogens with one attached hydrogen (secondary N) is 2. The molecule has 1 aromatic heterocycles. The zero-order valence-electron chi connectivity index (χ0n) is 15.9. The highest BCUT2D eigenvalue weighted by Gasteiger charge is 2.35. The number of aromatic amines is 1. The summed E-state index contributed by atoms with van der Waals surface area (Å²) in [5.74, 6) is 0.917. The van der Waals surface area contributed by atoms with Crippen LogP contribution in [0.25, 0.3) is 0 Å².